The molecule has 0 aliphatic carbocycles. The fraction of sp³-hybridized carbons (Fsp3) is 1.00. The SMILES string of the molecule is CCCC[O][Bi]([O]CCCC)([O]CCCC)[O]CCCC. The van der Waals surface area contributed by atoms with Crippen LogP contribution >= 0.6 is 0 Å². The molecule has 0 unspecified atom stereocenters. The van der Waals surface area contributed by atoms with Crippen LogP contribution in [0.4, 0.5) is 0 Å². The summed E-state index contributed by atoms with van der Waals surface area (Å²) in [6.07, 6.45) is 8.58. The van der Waals surface area contributed by atoms with Crippen LogP contribution in [-0.4, -0.2) is 48.5 Å². The Morgan fingerprint density at radius 3 is 0.905 bits per heavy atom. The van der Waals surface area contributed by atoms with Gasteiger partial charge in [0.2, 0.25) is 0 Å². The number of unbranched alkanes of at least 4 members (excludes halogenated alkanes) is 4. The molecular weight excluding hydrogens is 465 g/mol. The van der Waals surface area contributed by atoms with Crippen LogP contribution in [0.15, 0.2) is 0 Å². The molecule has 0 aliphatic heterocycles. The van der Waals surface area contributed by atoms with E-state index in [9.17, 15) is 0 Å². The Kier molecular flexibility index (Phi) is 16.2. The van der Waals surface area contributed by atoms with Gasteiger partial charge >= 0.3 is 139 Å². The van der Waals surface area contributed by atoms with E-state index in [1.165, 1.54) is 0 Å². The van der Waals surface area contributed by atoms with E-state index in [2.05, 4.69) is 27.7 Å². The fourth-order valence-corrected chi connectivity index (χ4v) is 8.73. The van der Waals surface area contributed by atoms with Crippen molar-refractivity contribution in [3.8, 4) is 0 Å². The van der Waals surface area contributed by atoms with Crippen LogP contribution in [0.1, 0.15) is 79.1 Å². The Balaban J connectivity index is 4.52. The Bertz CT molecular complexity index is 169. The number of hydrogen-bond acceptors (Lipinski definition) is 4. The molecule has 0 aliphatic rings. The van der Waals surface area contributed by atoms with Crippen molar-refractivity contribution in [3.05, 3.63) is 0 Å². The molecule has 5 heteroatoms. The van der Waals surface area contributed by atoms with Crippen molar-refractivity contribution < 1.29 is 11.3 Å². The predicted octanol–water partition coefficient (Wildman–Crippen LogP) is 4.69. The van der Waals surface area contributed by atoms with Gasteiger partial charge in [-0.05, 0) is 0 Å². The summed E-state index contributed by atoms with van der Waals surface area (Å²) < 4.78 is 24.2. The van der Waals surface area contributed by atoms with Crippen LogP contribution in [0.25, 0.3) is 0 Å². The minimum absolute atomic E-state index is 0.694. The maximum atomic E-state index is 6.06. The van der Waals surface area contributed by atoms with Gasteiger partial charge in [-0.15, -0.1) is 0 Å². The molecule has 0 rings (SSSR count). The van der Waals surface area contributed by atoms with Crippen LogP contribution < -0.4 is 0 Å². The second-order valence-corrected chi connectivity index (χ2v) is 12.7. The molecule has 21 heavy (non-hydrogen) atoms. The van der Waals surface area contributed by atoms with E-state index in [4.69, 9.17) is 11.3 Å². The summed E-state index contributed by atoms with van der Waals surface area (Å²) in [5.74, 6) is 0. The monoisotopic (exact) mass is 501 g/mol. The van der Waals surface area contributed by atoms with Gasteiger partial charge in [0.1, 0.15) is 0 Å². The van der Waals surface area contributed by atoms with Crippen molar-refractivity contribution in [1.82, 2.24) is 0 Å². The molecule has 0 heterocycles. The molecule has 1 radical (unpaired) electrons. The molecule has 129 valence electrons. The fourth-order valence-electron chi connectivity index (χ4n) is 1.51. The number of rotatable bonds is 16. The Morgan fingerprint density at radius 2 is 0.714 bits per heavy atom. The van der Waals surface area contributed by atoms with Crippen molar-refractivity contribution in [3.63, 3.8) is 0 Å². The summed E-state index contributed by atoms with van der Waals surface area (Å²) in [5, 5.41) is 0. The Labute approximate surface area is 138 Å². The summed E-state index contributed by atoms with van der Waals surface area (Å²) in [6, 6.07) is 0. The van der Waals surface area contributed by atoms with Gasteiger partial charge in [-0.2, -0.15) is 0 Å². The van der Waals surface area contributed by atoms with E-state index in [-0.39, 0.29) is 0 Å². The standard InChI is InChI=1S/4C4H9O.Bi/c4*1-2-3-4-5;/h4*2-4H2,1H3;/q4*-1;+4. The van der Waals surface area contributed by atoms with E-state index in [0.717, 1.165) is 51.4 Å². The van der Waals surface area contributed by atoms with Crippen LogP contribution in [0.5, 0.6) is 0 Å². The van der Waals surface area contributed by atoms with Gasteiger partial charge in [-0.25, -0.2) is 0 Å². The summed E-state index contributed by atoms with van der Waals surface area (Å²) >= 11 is -3.85. The third kappa shape index (κ3) is 11.9. The van der Waals surface area contributed by atoms with Crippen molar-refractivity contribution in [1.29, 1.82) is 0 Å². The molecule has 0 saturated heterocycles. The van der Waals surface area contributed by atoms with Crippen molar-refractivity contribution in [2.75, 3.05) is 26.4 Å². The molecule has 0 amide bonds. The van der Waals surface area contributed by atoms with E-state index in [1.807, 2.05) is 0 Å². The first kappa shape index (κ1) is 21.7. The first-order valence-corrected chi connectivity index (χ1v) is 14.4. The van der Waals surface area contributed by atoms with Crippen molar-refractivity contribution in [2.45, 2.75) is 79.1 Å². The van der Waals surface area contributed by atoms with Crippen LogP contribution in [0.3, 0.4) is 0 Å². The van der Waals surface area contributed by atoms with Gasteiger partial charge in [0, 0.05) is 0 Å². The maximum absolute atomic E-state index is 6.06. The zero-order chi connectivity index (χ0) is 15.8. The minimum atomic E-state index is -3.85. The molecule has 0 aromatic rings. The molecule has 0 fully saturated rings. The molecule has 0 saturated carbocycles. The average molecular weight is 501 g/mol. The van der Waals surface area contributed by atoms with E-state index < -0.39 is 22.0 Å². The Morgan fingerprint density at radius 1 is 0.476 bits per heavy atom. The third-order valence-electron chi connectivity index (χ3n) is 2.99. The second kappa shape index (κ2) is 15.6. The molecule has 0 aromatic heterocycles. The molecule has 0 aromatic carbocycles. The summed E-state index contributed by atoms with van der Waals surface area (Å²) in [6.45, 7) is 11.4. The van der Waals surface area contributed by atoms with Crippen molar-refractivity contribution >= 4 is 22.0 Å². The zero-order valence-electron chi connectivity index (χ0n) is 14.6. The van der Waals surface area contributed by atoms with Crippen molar-refractivity contribution in [2.24, 2.45) is 0 Å². The third-order valence-corrected chi connectivity index (χ3v) is 10.7. The van der Waals surface area contributed by atoms with E-state index in [0.29, 0.717) is 26.4 Å². The normalized spacial score (nSPS) is 12.0. The van der Waals surface area contributed by atoms with Crippen LogP contribution in [0.2, 0.25) is 0 Å². The average Bonchev–Trinajstić information content (AvgIpc) is 2.48. The summed E-state index contributed by atoms with van der Waals surface area (Å²) in [4.78, 5) is 0. The zero-order valence-corrected chi connectivity index (χ0v) is 18.0. The van der Waals surface area contributed by atoms with Gasteiger partial charge in [0.15, 0.2) is 0 Å². The first-order chi connectivity index (χ1) is 10.2. The Hall–Kier alpha value is 0.723. The van der Waals surface area contributed by atoms with E-state index in [1.54, 1.807) is 0 Å². The van der Waals surface area contributed by atoms with Crippen LogP contribution in [0, 0.1) is 0 Å². The van der Waals surface area contributed by atoms with Gasteiger partial charge in [-0.1, -0.05) is 0 Å². The van der Waals surface area contributed by atoms with Gasteiger partial charge in [0.25, 0.3) is 0 Å². The summed E-state index contributed by atoms with van der Waals surface area (Å²) in [7, 11) is 0. The second-order valence-electron chi connectivity index (χ2n) is 5.19. The van der Waals surface area contributed by atoms with Gasteiger partial charge < -0.3 is 0 Å². The quantitative estimate of drug-likeness (QED) is 0.227. The topological polar surface area (TPSA) is 36.9 Å². The number of hydrogen-bond donors (Lipinski definition) is 0. The van der Waals surface area contributed by atoms with Gasteiger partial charge in [0.05, 0.1) is 0 Å². The summed E-state index contributed by atoms with van der Waals surface area (Å²) in [5.41, 5.74) is 0. The molecular formula is C16H36BiO4. The molecule has 0 atom stereocenters. The molecule has 0 N–H and O–H groups in total. The molecule has 4 nitrogen and oxygen atoms in total. The predicted molar refractivity (Wildman–Crippen MR) is 89.2 cm³/mol. The molecule has 0 bridgehead atoms. The van der Waals surface area contributed by atoms with Crippen LogP contribution in [-0.2, 0) is 11.3 Å². The van der Waals surface area contributed by atoms with Gasteiger partial charge in [-0.3, -0.25) is 0 Å². The molecule has 0 spiro atoms. The van der Waals surface area contributed by atoms with E-state index >= 15 is 0 Å². The first-order valence-electron chi connectivity index (χ1n) is 8.71.